The molecule has 0 aliphatic carbocycles. The third-order valence-corrected chi connectivity index (χ3v) is 5.10. The Kier molecular flexibility index (Phi) is 5.06. The summed E-state index contributed by atoms with van der Waals surface area (Å²) < 4.78 is 1.84. The van der Waals surface area contributed by atoms with Crippen LogP contribution < -0.4 is 0 Å². The molecule has 0 radical (unpaired) electrons. The topological polar surface area (TPSA) is 38.0 Å². The second-order valence-electron chi connectivity index (χ2n) is 5.20. The molecule has 3 aromatic rings. The molecule has 0 aliphatic rings. The minimum atomic E-state index is -0.0268. The van der Waals surface area contributed by atoms with E-state index in [9.17, 15) is 5.11 Å². The van der Waals surface area contributed by atoms with Crippen LogP contribution in [0.2, 0.25) is 5.02 Å². The van der Waals surface area contributed by atoms with Crippen molar-refractivity contribution in [1.29, 1.82) is 0 Å². The Morgan fingerprint density at radius 3 is 2.43 bits per heavy atom. The molecule has 0 unspecified atom stereocenters. The van der Waals surface area contributed by atoms with Crippen molar-refractivity contribution in [2.45, 2.75) is 17.4 Å². The summed E-state index contributed by atoms with van der Waals surface area (Å²) in [5.74, 6) is 0.804. The van der Waals surface area contributed by atoms with Gasteiger partial charge in [0.15, 0.2) is 0 Å². The molecule has 0 fully saturated rings. The Balaban J connectivity index is 1.87. The number of benzene rings is 2. The number of nitrogens with zero attached hydrogens (tertiary/aromatic N) is 2. The van der Waals surface area contributed by atoms with Gasteiger partial charge in [-0.3, -0.25) is 4.68 Å². The number of hydrogen-bond acceptors (Lipinski definition) is 3. The molecule has 0 aliphatic heterocycles. The van der Waals surface area contributed by atoms with E-state index in [1.807, 2.05) is 66.3 Å². The molecule has 0 saturated carbocycles. The van der Waals surface area contributed by atoms with Crippen LogP contribution in [-0.2, 0) is 19.4 Å². The van der Waals surface area contributed by atoms with Crippen LogP contribution in [0.15, 0.2) is 59.6 Å². The highest BCUT2D eigenvalue weighted by atomic mass is 35.5. The molecular weight excluding hydrogens is 328 g/mol. The minimum Gasteiger partial charge on any atom is -0.391 e. The summed E-state index contributed by atoms with van der Waals surface area (Å²) >= 11 is 7.59. The molecule has 0 saturated heterocycles. The van der Waals surface area contributed by atoms with Gasteiger partial charge in [0.05, 0.1) is 12.3 Å². The fourth-order valence-corrected chi connectivity index (χ4v) is 3.62. The number of aliphatic hydroxyl groups excluding tert-OH is 1. The Morgan fingerprint density at radius 1 is 1.09 bits per heavy atom. The van der Waals surface area contributed by atoms with Crippen molar-refractivity contribution in [2.75, 3.05) is 0 Å². The maximum Gasteiger partial charge on any atom is 0.100 e. The van der Waals surface area contributed by atoms with E-state index >= 15 is 0 Å². The van der Waals surface area contributed by atoms with Gasteiger partial charge in [-0.05, 0) is 17.7 Å². The van der Waals surface area contributed by atoms with E-state index in [1.165, 1.54) is 5.56 Å². The summed E-state index contributed by atoms with van der Waals surface area (Å²) in [6, 6.07) is 17.8. The van der Waals surface area contributed by atoms with Gasteiger partial charge in [0.2, 0.25) is 0 Å². The molecule has 5 heteroatoms. The van der Waals surface area contributed by atoms with Gasteiger partial charge in [0, 0.05) is 29.0 Å². The third-order valence-electron chi connectivity index (χ3n) is 3.58. The van der Waals surface area contributed by atoms with E-state index in [2.05, 4.69) is 5.10 Å². The van der Waals surface area contributed by atoms with Crippen molar-refractivity contribution in [1.82, 2.24) is 9.78 Å². The molecule has 2 aromatic carbocycles. The number of hydrogen-bond donors (Lipinski definition) is 1. The van der Waals surface area contributed by atoms with Gasteiger partial charge in [0.1, 0.15) is 5.03 Å². The quantitative estimate of drug-likeness (QED) is 0.691. The van der Waals surface area contributed by atoms with Crippen molar-refractivity contribution in [3.63, 3.8) is 0 Å². The van der Waals surface area contributed by atoms with Crippen molar-refractivity contribution >= 4 is 23.4 Å². The first-order valence-corrected chi connectivity index (χ1v) is 8.65. The molecular formula is C18H17ClN2OS. The van der Waals surface area contributed by atoms with E-state index in [4.69, 9.17) is 11.6 Å². The van der Waals surface area contributed by atoms with Crippen molar-refractivity contribution in [3.8, 4) is 11.3 Å². The van der Waals surface area contributed by atoms with Crippen LogP contribution in [0, 0.1) is 0 Å². The van der Waals surface area contributed by atoms with Crippen LogP contribution in [0.3, 0.4) is 0 Å². The average molecular weight is 345 g/mol. The zero-order valence-corrected chi connectivity index (χ0v) is 14.3. The van der Waals surface area contributed by atoms with E-state index in [-0.39, 0.29) is 6.61 Å². The lowest BCUT2D eigenvalue weighted by Gasteiger charge is -2.05. The molecule has 118 valence electrons. The Morgan fingerprint density at radius 2 is 1.78 bits per heavy atom. The molecule has 0 bridgehead atoms. The Hall–Kier alpha value is -1.75. The van der Waals surface area contributed by atoms with Crippen LogP contribution in [-0.4, -0.2) is 14.9 Å². The number of halogens is 1. The predicted molar refractivity (Wildman–Crippen MR) is 95.6 cm³/mol. The monoisotopic (exact) mass is 344 g/mol. The lowest BCUT2D eigenvalue weighted by molar-refractivity contribution is 0.279. The van der Waals surface area contributed by atoms with Crippen molar-refractivity contribution in [3.05, 3.63) is 70.7 Å². The minimum absolute atomic E-state index is 0.0268. The normalized spacial score (nSPS) is 10.9. The fourth-order valence-electron chi connectivity index (χ4n) is 2.44. The highest BCUT2D eigenvalue weighted by Crippen LogP contribution is 2.33. The molecule has 23 heavy (non-hydrogen) atoms. The summed E-state index contributed by atoms with van der Waals surface area (Å²) in [5.41, 5.74) is 3.92. The fraction of sp³-hybridized carbons (Fsp3) is 0.167. The van der Waals surface area contributed by atoms with Crippen molar-refractivity contribution < 1.29 is 5.11 Å². The molecule has 1 heterocycles. The van der Waals surface area contributed by atoms with Crippen LogP contribution >= 0.6 is 23.4 Å². The van der Waals surface area contributed by atoms with E-state index in [0.717, 1.165) is 32.6 Å². The lowest BCUT2D eigenvalue weighted by Crippen LogP contribution is -1.94. The number of rotatable bonds is 5. The average Bonchev–Trinajstić information content (AvgIpc) is 2.91. The van der Waals surface area contributed by atoms with Gasteiger partial charge in [-0.2, -0.15) is 5.10 Å². The highest BCUT2D eigenvalue weighted by Gasteiger charge is 2.17. The van der Waals surface area contributed by atoms with E-state index in [1.54, 1.807) is 11.8 Å². The Labute approximate surface area is 144 Å². The zero-order valence-electron chi connectivity index (χ0n) is 12.7. The second kappa shape index (κ2) is 7.21. The SMILES string of the molecule is Cn1nc(-c2ccccc2)c(CO)c1SCc1ccc(Cl)cc1. The van der Waals surface area contributed by atoms with Gasteiger partial charge < -0.3 is 5.11 Å². The number of aryl methyl sites for hydroxylation is 1. The van der Waals surface area contributed by atoms with Crippen LogP contribution in [0.25, 0.3) is 11.3 Å². The van der Waals surface area contributed by atoms with Crippen LogP contribution in [0.5, 0.6) is 0 Å². The summed E-state index contributed by atoms with van der Waals surface area (Å²) in [4.78, 5) is 0. The van der Waals surface area contributed by atoms with Gasteiger partial charge in [-0.15, -0.1) is 11.8 Å². The predicted octanol–water partition coefficient (Wildman–Crippen LogP) is 4.53. The molecule has 1 N–H and O–H groups in total. The van der Waals surface area contributed by atoms with E-state index in [0.29, 0.717) is 0 Å². The highest BCUT2D eigenvalue weighted by molar-refractivity contribution is 7.98. The molecule has 0 spiro atoms. The summed E-state index contributed by atoms with van der Waals surface area (Å²) in [6.07, 6.45) is 0. The standard InChI is InChI=1S/C18H17ClN2OS/c1-21-18(23-12-13-7-9-15(19)10-8-13)16(11-22)17(20-21)14-5-3-2-4-6-14/h2-10,22H,11-12H2,1H3. The maximum atomic E-state index is 9.82. The molecule has 0 amide bonds. The molecule has 3 nitrogen and oxygen atoms in total. The first kappa shape index (κ1) is 16.1. The summed E-state index contributed by atoms with van der Waals surface area (Å²) in [5, 5.41) is 16.1. The molecule has 3 rings (SSSR count). The first-order valence-electron chi connectivity index (χ1n) is 7.28. The number of aromatic nitrogens is 2. The van der Waals surface area contributed by atoms with E-state index < -0.39 is 0 Å². The summed E-state index contributed by atoms with van der Waals surface area (Å²) in [6.45, 7) is -0.0268. The second-order valence-corrected chi connectivity index (χ2v) is 6.60. The number of thioether (sulfide) groups is 1. The zero-order chi connectivity index (χ0) is 16.2. The first-order chi connectivity index (χ1) is 11.2. The number of aliphatic hydroxyl groups is 1. The van der Waals surface area contributed by atoms with Gasteiger partial charge >= 0.3 is 0 Å². The van der Waals surface area contributed by atoms with Crippen molar-refractivity contribution in [2.24, 2.45) is 7.05 Å². The smallest absolute Gasteiger partial charge is 0.100 e. The third kappa shape index (κ3) is 3.61. The van der Waals surface area contributed by atoms with Gasteiger partial charge in [-0.25, -0.2) is 0 Å². The van der Waals surface area contributed by atoms with Crippen LogP contribution in [0.1, 0.15) is 11.1 Å². The van der Waals surface area contributed by atoms with Gasteiger partial charge in [0.25, 0.3) is 0 Å². The molecule has 1 aromatic heterocycles. The molecule has 0 atom stereocenters. The van der Waals surface area contributed by atoms with Gasteiger partial charge in [-0.1, -0.05) is 54.1 Å². The van der Waals surface area contributed by atoms with Crippen LogP contribution in [0.4, 0.5) is 0 Å². The Bertz CT molecular complexity index is 785. The maximum absolute atomic E-state index is 9.82. The summed E-state index contributed by atoms with van der Waals surface area (Å²) in [7, 11) is 1.91. The largest absolute Gasteiger partial charge is 0.391 e. The lowest BCUT2D eigenvalue weighted by atomic mass is 10.1.